The summed E-state index contributed by atoms with van der Waals surface area (Å²) in [5.41, 5.74) is 5.79. The van der Waals surface area contributed by atoms with Crippen molar-refractivity contribution in [2.45, 2.75) is 33.1 Å². The number of thiazole rings is 1. The van der Waals surface area contributed by atoms with Gasteiger partial charge in [0.05, 0.1) is 23.2 Å². The zero-order chi connectivity index (χ0) is 19.3. The fourth-order valence-corrected chi connectivity index (χ4v) is 5.31. The lowest BCUT2D eigenvalue weighted by Crippen LogP contribution is -2.48. The highest BCUT2D eigenvalue weighted by molar-refractivity contribution is 7.07. The summed E-state index contributed by atoms with van der Waals surface area (Å²) in [6.45, 7) is 5.12. The number of allylic oxidation sites excluding steroid dienone is 1. The van der Waals surface area contributed by atoms with Gasteiger partial charge in [0.1, 0.15) is 5.69 Å². The highest BCUT2D eigenvalue weighted by Gasteiger charge is 2.50. The van der Waals surface area contributed by atoms with Crippen LogP contribution in [0.2, 0.25) is 0 Å². The molecule has 1 fully saturated rings. The van der Waals surface area contributed by atoms with Gasteiger partial charge < -0.3 is 4.74 Å². The van der Waals surface area contributed by atoms with Gasteiger partial charge in [0.15, 0.2) is 5.82 Å². The van der Waals surface area contributed by atoms with Crippen LogP contribution in [0.4, 0.5) is 4.79 Å². The molecule has 0 radical (unpaired) electrons. The summed E-state index contributed by atoms with van der Waals surface area (Å²) in [6, 6.07) is 7.61. The molecule has 0 aliphatic heterocycles. The standard InChI is InChI=1S/C22H23N3O2S/c1-22(2)15-8-7-14(16(22)11-15)9-10-27-21(26)25-19-6-4-3-5-17(19)24-20(25)18-12-28-13-23-18/h3-7,12-13,15-16H,8-11H2,1-2H3. The molecule has 1 aromatic carbocycles. The molecule has 2 atom stereocenters. The summed E-state index contributed by atoms with van der Waals surface area (Å²) in [6.07, 6.45) is 5.23. The van der Waals surface area contributed by atoms with Crippen LogP contribution in [-0.4, -0.2) is 27.2 Å². The van der Waals surface area contributed by atoms with Crippen molar-refractivity contribution in [3.05, 3.63) is 46.8 Å². The van der Waals surface area contributed by atoms with Crippen LogP contribution in [0.1, 0.15) is 33.1 Å². The molecule has 6 heteroatoms. The SMILES string of the molecule is CC1(C)C2CC=C(CCOC(=O)n3c(-c4cscn4)nc4ccccc43)C1C2. The van der Waals surface area contributed by atoms with Gasteiger partial charge in [-0.3, -0.25) is 0 Å². The Bertz CT molecular complexity index is 1060. The minimum atomic E-state index is -0.390. The van der Waals surface area contributed by atoms with E-state index in [9.17, 15) is 4.79 Å². The molecule has 3 aliphatic carbocycles. The van der Waals surface area contributed by atoms with Gasteiger partial charge in [-0.1, -0.05) is 37.6 Å². The van der Waals surface area contributed by atoms with Gasteiger partial charge in [0.25, 0.3) is 0 Å². The third-order valence-electron chi connectivity index (χ3n) is 6.60. The first-order chi connectivity index (χ1) is 13.6. The Balaban J connectivity index is 1.35. The van der Waals surface area contributed by atoms with Gasteiger partial charge in [-0.05, 0) is 42.2 Å². The Morgan fingerprint density at radius 3 is 2.96 bits per heavy atom. The Hall–Kier alpha value is -2.47. The van der Waals surface area contributed by atoms with Gasteiger partial charge in [0.2, 0.25) is 0 Å². The second-order valence-corrected chi connectivity index (χ2v) is 9.04. The molecule has 2 bridgehead atoms. The highest BCUT2D eigenvalue weighted by Crippen LogP contribution is 2.59. The Morgan fingerprint density at radius 1 is 1.36 bits per heavy atom. The molecule has 0 saturated heterocycles. The largest absolute Gasteiger partial charge is 0.449 e. The Kier molecular flexibility index (Phi) is 4.12. The second-order valence-electron chi connectivity index (χ2n) is 8.32. The number of carbonyl (C=O) groups is 1. The molecule has 0 N–H and O–H groups in total. The summed E-state index contributed by atoms with van der Waals surface area (Å²) in [5, 5.41) is 1.90. The van der Waals surface area contributed by atoms with E-state index in [1.807, 2.05) is 29.6 Å². The molecule has 28 heavy (non-hydrogen) atoms. The third-order valence-corrected chi connectivity index (χ3v) is 7.19. The first kappa shape index (κ1) is 17.6. The van der Waals surface area contributed by atoms with Crippen molar-refractivity contribution < 1.29 is 9.53 Å². The van der Waals surface area contributed by atoms with E-state index in [1.54, 1.807) is 10.1 Å². The van der Waals surface area contributed by atoms with Crippen LogP contribution in [-0.2, 0) is 4.74 Å². The molecule has 3 aliphatic rings. The lowest BCUT2D eigenvalue weighted by Gasteiger charge is -2.56. The monoisotopic (exact) mass is 393 g/mol. The van der Waals surface area contributed by atoms with Crippen molar-refractivity contribution in [3.63, 3.8) is 0 Å². The van der Waals surface area contributed by atoms with E-state index in [1.165, 1.54) is 23.3 Å². The maximum absolute atomic E-state index is 13.0. The topological polar surface area (TPSA) is 57.0 Å². The second kappa shape index (κ2) is 6.55. The quantitative estimate of drug-likeness (QED) is 0.547. The van der Waals surface area contributed by atoms with E-state index in [-0.39, 0.29) is 6.09 Å². The van der Waals surface area contributed by atoms with Crippen LogP contribution in [0.5, 0.6) is 0 Å². The van der Waals surface area contributed by atoms with Crippen molar-refractivity contribution in [3.8, 4) is 11.5 Å². The van der Waals surface area contributed by atoms with Crippen molar-refractivity contribution in [2.24, 2.45) is 17.3 Å². The van der Waals surface area contributed by atoms with E-state index in [0.29, 0.717) is 29.5 Å². The Labute approximate surface area is 168 Å². The molecule has 0 spiro atoms. The molecule has 2 aromatic heterocycles. The number of fused-ring (bicyclic) bond motifs is 2. The van der Waals surface area contributed by atoms with Gasteiger partial charge in [-0.2, -0.15) is 0 Å². The molecule has 2 unspecified atom stereocenters. The van der Waals surface area contributed by atoms with Crippen LogP contribution < -0.4 is 0 Å². The number of nitrogens with zero attached hydrogens (tertiary/aromatic N) is 3. The molecule has 0 amide bonds. The minimum Gasteiger partial charge on any atom is -0.449 e. The van der Waals surface area contributed by atoms with Crippen LogP contribution in [0, 0.1) is 17.3 Å². The van der Waals surface area contributed by atoms with Crippen molar-refractivity contribution in [2.75, 3.05) is 6.61 Å². The van der Waals surface area contributed by atoms with E-state index in [2.05, 4.69) is 29.9 Å². The van der Waals surface area contributed by atoms with Gasteiger partial charge in [-0.15, -0.1) is 11.3 Å². The molecular formula is C22H23N3O2S. The van der Waals surface area contributed by atoms with Crippen LogP contribution in [0.25, 0.3) is 22.6 Å². The van der Waals surface area contributed by atoms with Crippen molar-refractivity contribution >= 4 is 28.5 Å². The average molecular weight is 394 g/mol. The fraction of sp³-hybridized carbons (Fsp3) is 0.409. The zero-order valence-electron chi connectivity index (χ0n) is 16.1. The molecule has 3 aromatic rings. The van der Waals surface area contributed by atoms with E-state index >= 15 is 0 Å². The Morgan fingerprint density at radius 2 is 2.21 bits per heavy atom. The van der Waals surface area contributed by atoms with E-state index in [4.69, 9.17) is 4.74 Å². The maximum atomic E-state index is 13.0. The van der Waals surface area contributed by atoms with E-state index < -0.39 is 0 Å². The average Bonchev–Trinajstić information content (AvgIpc) is 3.35. The van der Waals surface area contributed by atoms with E-state index in [0.717, 1.165) is 29.8 Å². The van der Waals surface area contributed by atoms with Gasteiger partial charge >= 0.3 is 6.09 Å². The molecule has 6 rings (SSSR count). The van der Waals surface area contributed by atoms with Crippen LogP contribution >= 0.6 is 11.3 Å². The summed E-state index contributed by atoms with van der Waals surface area (Å²) in [7, 11) is 0. The summed E-state index contributed by atoms with van der Waals surface area (Å²) in [4.78, 5) is 21.9. The van der Waals surface area contributed by atoms with Crippen LogP contribution in [0.3, 0.4) is 0 Å². The highest BCUT2D eigenvalue weighted by atomic mass is 32.1. The molecule has 144 valence electrons. The van der Waals surface area contributed by atoms with Crippen LogP contribution in [0.15, 0.2) is 46.8 Å². The fourth-order valence-electron chi connectivity index (χ4n) is 4.78. The van der Waals surface area contributed by atoms with Gasteiger partial charge in [-0.25, -0.2) is 19.3 Å². The number of ether oxygens (including phenoxy) is 1. The third kappa shape index (κ3) is 2.70. The number of imidazole rings is 1. The lowest BCUT2D eigenvalue weighted by molar-refractivity contribution is -0.00968. The lowest BCUT2D eigenvalue weighted by atomic mass is 9.48. The summed E-state index contributed by atoms with van der Waals surface area (Å²) >= 11 is 1.48. The molecular weight excluding hydrogens is 370 g/mol. The number of hydrogen-bond acceptors (Lipinski definition) is 5. The van der Waals surface area contributed by atoms with Crippen molar-refractivity contribution in [1.82, 2.24) is 14.5 Å². The number of aromatic nitrogens is 3. The molecule has 5 nitrogen and oxygen atoms in total. The number of carbonyl (C=O) groups excluding carboxylic acids is 1. The summed E-state index contributed by atoms with van der Waals surface area (Å²) < 4.78 is 7.23. The minimum absolute atomic E-state index is 0.390. The first-order valence-electron chi connectivity index (χ1n) is 9.78. The molecule has 2 heterocycles. The summed E-state index contributed by atoms with van der Waals surface area (Å²) in [5.74, 6) is 2.00. The molecule has 1 saturated carbocycles. The number of rotatable bonds is 4. The normalized spacial score (nSPS) is 22.6. The first-order valence-corrected chi connectivity index (χ1v) is 10.7. The zero-order valence-corrected chi connectivity index (χ0v) is 16.9. The van der Waals surface area contributed by atoms with Gasteiger partial charge in [0, 0.05) is 11.8 Å². The van der Waals surface area contributed by atoms with Crippen molar-refractivity contribution in [1.29, 1.82) is 0 Å². The predicted octanol–water partition coefficient (Wildman–Crippen LogP) is 5.53. The number of hydrogen-bond donors (Lipinski definition) is 0. The maximum Gasteiger partial charge on any atom is 0.420 e. The predicted molar refractivity (Wildman–Crippen MR) is 110 cm³/mol. The smallest absolute Gasteiger partial charge is 0.420 e. The number of benzene rings is 1. The number of para-hydroxylation sites is 2.